The highest BCUT2D eigenvalue weighted by Crippen LogP contribution is 2.14. The van der Waals surface area contributed by atoms with Crippen molar-refractivity contribution in [3.63, 3.8) is 0 Å². The third-order valence-corrected chi connectivity index (χ3v) is 3.04. The van der Waals surface area contributed by atoms with Gasteiger partial charge in [-0.15, -0.1) is 0 Å². The molecule has 0 radical (unpaired) electrons. The molecule has 2 amide bonds. The fourth-order valence-electron chi connectivity index (χ4n) is 1.66. The number of nitrogens with one attached hydrogen (secondary N) is 2. The van der Waals surface area contributed by atoms with Crippen LogP contribution >= 0.6 is 11.6 Å². The van der Waals surface area contributed by atoms with Gasteiger partial charge in [-0.1, -0.05) is 23.7 Å². The van der Waals surface area contributed by atoms with E-state index in [1.807, 2.05) is 0 Å². The molecular weight excluding hydrogens is 308 g/mol. The summed E-state index contributed by atoms with van der Waals surface area (Å²) in [5.74, 6) is -0.927. The molecule has 1 aromatic rings. The summed E-state index contributed by atoms with van der Waals surface area (Å²) in [6.45, 7) is 2.45. The third-order valence-electron chi connectivity index (χ3n) is 2.71. The van der Waals surface area contributed by atoms with Gasteiger partial charge in [0.25, 0.3) is 5.91 Å². The lowest BCUT2D eigenvalue weighted by molar-refractivity contribution is -0.143. The topological polar surface area (TPSA) is 84.5 Å². The number of hydrogen-bond acceptors (Lipinski definition) is 4. The molecule has 2 N–H and O–H groups in total. The van der Waals surface area contributed by atoms with Crippen molar-refractivity contribution < 1.29 is 19.1 Å². The van der Waals surface area contributed by atoms with Crippen molar-refractivity contribution in [2.75, 3.05) is 19.7 Å². The van der Waals surface area contributed by atoms with Gasteiger partial charge in [-0.3, -0.25) is 14.4 Å². The first-order valence-electron chi connectivity index (χ1n) is 6.99. The smallest absolute Gasteiger partial charge is 0.307 e. The highest BCUT2D eigenvalue weighted by Gasteiger charge is 2.10. The van der Waals surface area contributed by atoms with Gasteiger partial charge in [0.05, 0.1) is 23.6 Å². The predicted octanol–water partition coefficient (Wildman–Crippen LogP) is 1.53. The Morgan fingerprint density at radius 2 is 1.77 bits per heavy atom. The summed E-state index contributed by atoms with van der Waals surface area (Å²) >= 11 is 5.90. The Morgan fingerprint density at radius 1 is 1.09 bits per heavy atom. The molecular formula is C15H19ClN2O4. The monoisotopic (exact) mass is 326 g/mol. The van der Waals surface area contributed by atoms with Crippen LogP contribution in [0.2, 0.25) is 5.02 Å². The largest absolute Gasteiger partial charge is 0.466 e. The van der Waals surface area contributed by atoms with E-state index in [1.165, 1.54) is 0 Å². The van der Waals surface area contributed by atoms with E-state index >= 15 is 0 Å². The number of hydrogen-bond donors (Lipinski definition) is 2. The predicted molar refractivity (Wildman–Crippen MR) is 82.7 cm³/mol. The van der Waals surface area contributed by atoms with Gasteiger partial charge in [-0.2, -0.15) is 0 Å². The Morgan fingerprint density at radius 3 is 2.45 bits per heavy atom. The van der Waals surface area contributed by atoms with Gasteiger partial charge in [0, 0.05) is 19.5 Å². The van der Waals surface area contributed by atoms with Crippen molar-refractivity contribution in [3.05, 3.63) is 34.9 Å². The van der Waals surface area contributed by atoms with E-state index in [-0.39, 0.29) is 43.7 Å². The van der Waals surface area contributed by atoms with Crippen LogP contribution in [0, 0.1) is 0 Å². The van der Waals surface area contributed by atoms with Crippen LogP contribution in [0.1, 0.15) is 30.1 Å². The van der Waals surface area contributed by atoms with Gasteiger partial charge in [0.15, 0.2) is 0 Å². The van der Waals surface area contributed by atoms with Crippen molar-refractivity contribution in [3.8, 4) is 0 Å². The Hall–Kier alpha value is -2.08. The molecule has 1 rings (SSSR count). The number of halogens is 1. The lowest BCUT2D eigenvalue weighted by Gasteiger charge is -2.07. The molecule has 120 valence electrons. The number of ether oxygens (including phenoxy) is 1. The minimum atomic E-state index is -0.352. The third kappa shape index (κ3) is 6.58. The fourth-order valence-corrected chi connectivity index (χ4v) is 1.88. The van der Waals surface area contributed by atoms with E-state index < -0.39 is 0 Å². The van der Waals surface area contributed by atoms with Crippen LogP contribution in [0.3, 0.4) is 0 Å². The van der Waals surface area contributed by atoms with E-state index in [4.69, 9.17) is 16.3 Å². The maximum atomic E-state index is 11.8. The molecule has 6 nitrogen and oxygen atoms in total. The summed E-state index contributed by atoms with van der Waals surface area (Å²) in [5.41, 5.74) is 0.367. The van der Waals surface area contributed by atoms with Crippen molar-refractivity contribution in [2.24, 2.45) is 0 Å². The number of benzene rings is 1. The zero-order chi connectivity index (χ0) is 16.4. The highest BCUT2D eigenvalue weighted by molar-refractivity contribution is 6.33. The molecule has 0 saturated heterocycles. The maximum Gasteiger partial charge on any atom is 0.307 e. The van der Waals surface area contributed by atoms with Gasteiger partial charge in [-0.05, 0) is 19.1 Å². The first kappa shape index (κ1) is 18.0. The zero-order valence-corrected chi connectivity index (χ0v) is 13.1. The second-order valence-electron chi connectivity index (χ2n) is 4.39. The minimum absolute atomic E-state index is 0.124. The van der Waals surface area contributed by atoms with Crippen molar-refractivity contribution in [1.29, 1.82) is 0 Å². The molecule has 0 bridgehead atoms. The quantitative estimate of drug-likeness (QED) is 0.709. The van der Waals surface area contributed by atoms with Crippen molar-refractivity contribution >= 4 is 29.4 Å². The SMILES string of the molecule is CCOC(=O)CCNC(=O)CCNC(=O)c1ccccc1Cl. The number of carbonyl (C=O) groups excluding carboxylic acids is 3. The van der Waals surface area contributed by atoms with Crippen molar-refractivity contribution in [1.82, 2.24) is 10.6 Å². The van der Waals surface area contributed by atoms with Crippen LogP contribution in [-0.4, -0.2) is 37.5 Å². The molecule has 0 aliphatic heterocycles. The van der Waals surface area contributed by atoms with Crippen molar-refractivity contribution in [2.45, 2.75) is 19.8 Å². The molecule has 0 atom stereocenters. The highest BCUT2D eigenvalue weighted by atomic mass is 35.5. The van der Waals surface area contributed by atoms with Gasteiger partial charge < -0.3 is 15.4 Å². The summed E-state index contributed by atoms with van der Waals surface area (Å²) in [6, 6.07) is 6.68. The van der Waals surface area contributed by atoms with Crippen LogP contribution in [0.25, 0.3) is 0 Å². The normalized spacial score (nSPS) is 9.91. The number of esters is 1. The first-order valence-corrected chi connectivity index (χ1v) is 7.37. The number of carbonyl (C=O) groups is 3. The Kier molecular flexibility index (Phi) is 7.99. The average molecular weight is 327 g/mol. The molecule has 0 saturated carbocycles. The lowest BCUT2D eigenvalue weighted by atomic mass is 10.2. The molecule has 0 aliphatic carbocycles. The number of rotatable bonds is 8. The van der Waals surface area contributed by atoms with Crippen LogP contribution in [0.5, 0.6) is 0 Å². The Balaban J connectivity index is 2.21. The van der Waals surface area contributed by atoms with Gasteiger partial charge in [0.1, 0.15) is 0 Å². The molecule has 1 aromatic carbocycles. The zero-order valence-electron chi connectivity index (χ0n) is 12.4. The van der Waals surface area contributed by atoms with Crippen LogP contribution in [-0.2, 0) is 14.3 Å². The lowest BCUT2D eigenvalue weighted by Crippen LogP contribution is -2.32. The Labute approximate surface area is 134 Å². The second kappa shape index (κ2) is 9.78. The van der Waals surface area contributed by atoms with E-state index in [0.29, 0.717) is 17.2 Å². The molecule has 0 unspecified atom stereocenters. The van der Waals surface area contributed by atoms with E-state index in [0.717, 1.165) is 0 Å². The fraction of sp³-hybridized carbons (Fsp3) is 0.400. The summed E-state index contributed by atoms with van der Waals surface area (Å²) in [5, 5.41) is 5.55. The molecule has 0 aromatic heterocycles. The van der Waals surface area contributed by atoms with Crippen LogP contribution in [0.4, 0.5) is 0 Å². The second-order valence-corrected chi connectivity index (χ2v) is 4.80. The number of amides is 2. The molecule has 0 aliphatic rings. The van der Waals surface area contributed by atoms with Crippen LogP contribution in [0.15, 0.2) is 24.3 Å². The standard InChI is InChI=1S/C15H19ClN2O4/c1-2-22-14(20)8-10-17-13(19)7-9-18-15(21)11-5-3-4-6-12(11)16/h3-6H,2,7-10H2,1H3,(H,17,19)(H,18,21). The summed E-state index contributed by atoms with van der Waals surface area (Å²) in [6.07, 6.45) is 0.255. The molecule has 22 heavy (non-hydrogen) atoms. The summed E-state index contributed by atoms with van der Waals surface area (Å²) in [4.78, 5) is 34.4. The van der Waals surface area contributed by atoms with E-state index in [9.17, 15) is 14.4 Å². The molecule has 0 spiro atoms. The molecule has 0 fully saturated rings. The minimum Gasteiger partial charge on any atom is -0.466 e. The summed E-state index contributed by atoms with van der Waals surface area (Å²) < 4.78 is 4.74. The average Bonchev–Trinajstić information content (AvgIpc) is 2.47. The summed E-state index contributed by atoms with van der Waals surface area (Å²) in [7, 11) is 0. The first-order chi connectivity index (χ1) is 10.5. The maximum absolute atomic E-state index is 11.8. The van der Waals surface area contributed by atoms with Gasteiger partial charge in [0.2, 0.25) is 5.91 Å². The Bertz CT molecular complexity index is 534. The van der Waals surface area contributed by atoms with Gasteiger partial charge in [-0.25, -0.2) is 0 Å². The molecule has 0 heterocycles. The van der Waals surface area contributed by atoms with E-state index in [1.54, 1.807) is 31.2 Å². The van der Waals surface area contributed by atoms with E-state index in [2.05, 4.69) is 10.6 Å². The molecule has 7 heteroatoms. The van der Waals surface area contributed by atoms with Crippen LogP contribution < -0.4 is 10.6 Å². The van der Waals surface area contributed by atoms with Gasteiger partial charge >= 0.3 is 5.97 Å².